The number of carbonyl (C=O) groups is 3. The molecule has 0 heterocycles. The predicted molar refractivity (Wildman–Crippen MR) is 287 cm³/mol. The summed E-state index contributed by atoms with van der Waals surface area (Å²) in [7, 11) is 5.88. The fourth-order valence-corrected chi connectivity index (χ4v) is 6.43. The number of quaternary nitrogens is 1. The molecule has 0 bridgehead atoms. The fraction of sp³-hybridized carbons (Fsp3) is 0.583. The van der Waals surface area contributed by atoms with E-state index >= 15 is 0 Å². The van der Waals surface area contributed by atoms with Crippen molar-refractivity contribution >= 4 is 17.9 Å². The number of ether oxygens (including phenoxy) is 4. The largest absolute Gasteiger partial charge is 0.545 e. The van der Waals surface area contributed by atoms with Crippen LogP contribution in [0.15, 0.2) is 134 Å². The maximum Gasteiger partial charge on any atom is 0.309 e. The minimum absolute atomic E-state index is 0.0515. The number of hydrogen-bond acceptors (Lipinski definition) is 8. The minimum atomic E-state index is -1.65. The molecule has 0 amide bonds. The number of carboxylic acid groups (broad SMARTS) is 1. The molecule has 0 saturated heterocycles. The highest BCUT2D eigenvalue weighted by Gasteiger charge is 2.21. The minimum Gasteiger partial charge on any atom is -0.545 e. The highest BCUT2D eigenvalue weighted by atomic mass is 16.7. The van der Waals surface area contributed by atoms with Crippen LogP contribution in [0.5, 0.6) is 0 Å². The highest BCUT2D eigenvalue weighted by Crippen LogP contribution is 2.14. The van der Waals surface area contributed by atoms with Gasteiger partial charge >= 0.3 is 11.9 Å². The van der Waals surface area contributed by atoms with Crippen molar-refractivity contribution in [2.45, 2.75) is 180 Å². The van der Waals surface area contributed by atoms with Crippen LogP contribution in [0, 0.1) is 0 Å². The van der Waals surface area contributed by atoms with Crippen LogP contribution >= 0.6 is 0 Å². The lowest BCUT2D eigenvalue weighted by atomic mass is 10.0. The van der Waals surface area contributed by atoms with Crippen molar-refractivity contribution in [3.8, 4) is 0 Å². The molecule has 0 aliphatic rings. The molecule has 0 N–H and O–H groups in total. The van der Waals surface area contributed by atoms with Crippen molar-refractivity contribution in [2.75, 3.05) is 47.5 Å². The van der Waals surface area contributed by atoms with Crippen LogP contribution in [0.1, 0.15) is 168 Å². The predicted octanol–water partition coefficient (Wildman–Crippen LogP) is 13.8. The van der Waals surface area contributed by atoms with Gasteiger partial charge in [0.2, 0.25) is 0 Å². The first-order valence-electron chi connectivity index (χ1n) is 26.3. The van der Waals surface area contributed by atoms with Crippen LogP contribution in [-0.4, -0.2) is 82.3 Å². The monoisotopic (exact) mass is 958 g/mol. The maximum atomic E-state index is 12.8. The standard InChI is InChI=1S/C60H95NO8/c1-6-8-10-12-14-16-18-20-22-23-24-25-26-27-28-29-30-31-32-33-34-35-37-39-41-43-45-47-49-51-58(63)69-56(55-68-60(59(64)65)66-53-52-61(3,4)5)54-67-57(62)50-48-46-44-42-40-38-36-21-19-17-15-13-11-9-7-2/h8-11,14-17,20-22,24-25,27-28,30-31,36,40,42,46,48,56,60H,6-7,12-13,18-19,23,26,29,32-35,37-39,41,43-45,47,49-55H2,1-5H3/b10-8-,11-9-,16-14-,17-15-,22-20-,25-24-,28-27-,31-30-,36-21-,42-40-,48-46-. The van der Waals surface area contributed by atoms with E-state index < -0.39 is 30.3 Å². The number of carboxylic acids is 1. The summed E-state index contributed by atoms with van der Waals surface area (Å²) in [6.45, 7) is 4.36. The van der Waals surface area contributed by atoms with Crippen molar-refractivity contribution in [1.82, 2.24) is 0 Å². The smallest absolute Gasteiger partial charge is 0.309 e. The first-order valence-corrected chi connectivity index (χ1v) is 26.3. The Balaban J connectivity index is 4.37. The zero-order valence-electron chi connectivity index (χ0n) is 43.9. The summed E-state index contributed by atoms with van der Waals surface area (Å²) in [6.07, 6.45) is 68.1. The van der Waals surface area contributed by atoms with Crippen molar-refractivity contribution in [2.24, 2.45) is 0 Å². The van der Waals surface area contributed by atoms with Crippen molar-refractivity contribution < 1.29 is 42.9 Å². The van der Waals surface area contributed by atoms with Crippen molar-refractivity contribution in [1.29, 1.82) is 0 Å². The van der Waals surface area contributed by atoms with Gasteiger partial charge < -0.3 is 33.3 Å². The molecule has 0 radical (unpaired) electrons. The van der Waals surface area contributed by atoms with E-state index in [9.17, 15) is 19.5 Å². The Kier molecular flexibility index (Phi) is 46.5. The Morgan fingerprint density at radius 3 is 1.23 bits per heavy atom. The normalized spacial score (nSPS) is 13.9. The molecule has 69 heavy (non-hydrogen) atoms. The van der Waals surface area contributed by atoms with E-state index in [2.05, 4.69) is 129 Å². The second kappa shape index (κ2) is 49.8. The van der Waals surface area contributed by atoms with E-state index in [1.54, 1.807) is 6.08 Å². The van der Waals surface area contributed by atoms with Crippen LogP contribution < -0.4 is 5.11 Å². The number of unbranched alkanes of at least 4 members (excludes halogenated alkanes) is 10. The molecule has 0 aromatic heterocycles. The van der Waals surface area contributed by atoms with Gasteiger partial charge in [0, 0.05) is 6.42 Å². The molecular weight excluding hydrogens is 863 g/mol. The Labute approximate surface area is 420 Å². The molecule has 0 aliphatic carbocycles. The lowest BCUT2D eigenvalue weighted by Gasteiger charge is -2.26. The Bertz CT molecular complexity index is 1590. The molecule has 2 atom stereocenters. The van der Waals surface area contributed by atoms with Gasteiger partial charge in [-0.3, -0.25) is 9.59 Å². The molecular formula is C60H95NO8. The summed E-state index contributed by atoms with van der Waals surface area (Å²) < 4.78 is 22.5. The molecule has 9 heteroatoms. The number of nitrogens with zero attached hydrogens (tertiary/aromatic N) is 1. The average molecular weight is 958 g/mol. The second-order valence-electron chi connectivity index (χ2n) is 18.1. The van der Waals surface area contributed by atoms with Crippen molar-refractivity contribution in [3.05, 3.63) is 134 Å². The van der Waals surface area contributed by atoms with Gasteiger partial charge in [0.1, 0.15) is 13.2 Å². The van der Waals surface area contributed by atoms with Crippen LogP contribution in [0.25, 0.3) is 0 Å². The fourth-order valence-electron chi connectivity index (χ4n) is 6.43. The zero-order valence-corrected chi connectivity index (χ0v) is 43.9. The van der Waals surface area contributed by atoms with Gasteiger partial charge in [0.05, 0.1) is 46.7 Å². The molecule has 0 spiro atoms. The lowest BCUT2D eigenvalue weighted by Crippen LogP contribution is -2.44. The number of aliphatic carboxylic acids is 1. The Morgan fingerprint density at radius 2 is 0.826 bits per heavy atom. The highest BCUT2D eigenvalue weighted by molar-refractivity contribution is 5.71. The number of allylic oxidation sites excluding steroid dienone is 21. The summed E-state index contributed by atoms with van der Waals surface area (Å²) in [5.74, 6) is -2.47. The third-order valence-electron chi connectivity index (χ3n) is 10.4. The number of carbonyl (C=O) groups excluding carboxylic acids is 3. The number of esters is 2. The molecule has 0 aromatic carbocycles. The molecule has 0 aromatic rings. The molecule has 0 aliphatic heterocycles. The van der Waals surface area contributed by atoms with Gasteiger partial charge in [-0.05, 0) is 89.9 Å². The van der Waals surface area contributed by atoms with Crippen LogP contribution in [0.4, 0.5) is 0 Å². The molecule has 9 nitrogen and oxygen atoms in total. The summed E-state index contributed by atoms with van der Waals surface area (Å²) in [4.78, 5) is 37.1. The molecule has 0 rings (SSSR count). The third-order valence-corrected chi connectivity index (χ3v) is 10.4. The quantitative estimate of drug-likeness (QED) is 0.0195. The van der Waals surface area contributed by atoms with E-state index in [0.717, 1.165) is 89.9 Å². The first-order chi connectivity index (χ1) is 33.6. The van der Waals surface area contributed by atoms with E-state index in [1.165, 1.54) is 38.5 Å². The topological polar surface area (TPSA) is 111 Å². The van der Waals surface area contributed by atoms with Gasteiger partial charge in [-0.25, -0.2) is 0 Å². The van der Waals surface area contributed by atoms with Gasteiger partial charge in [-0.2, -0.15) is 0 Å². The van der Waals surface area contributed by atoms with Crippen LogP contribution in [0.2, 0.25) is 0 Å². The summed E-state index contributed by atoms with van der Waals surface area (Å²) in [5.41, 5.74) is 0. The van der Waals surface area contributed by atoms with Gasteiger partial charge in [0.25, 0.3) is 0 Å². The number of hydrogen-bond donors (Lipinski definition) is 0. The summed E-state index contributed by atoms with van der Waals surface area (Å²) in [5, 5.41) is 11.7. The molecule has 0 saturated carbocycles. The number of rotatable bonds is 46. The zero-order chi connectivity index (χ0) is 50.6. The van der Waals surface area contributed by atoms with E-state index in [-0.39, 0.29) is 32.7 Å². The van der Waals surface area contributed by atoms with E-state index in [0.29, 0.717) is 23.9 Å². The van der Waals surface area contributed by atoms with Crippen molar-refractivity contribution in [3.63, 3.8) is 0 Å². The third kappa shape index (κ3) is 51.1. The van der Waals surface area contributed by atoms with E-state index in [4.69, 9.17) is 18.9 Å². The number of likely N-dealkylation sites (N-methyl/N-ethyl adjacent to an activating group) is 1. The maximum absolute atomic E-state index is 12.8. The Hall–Kier alpha value is -4.57. The van der Waals surface area contributed by atoms with Crippen LogP contribution in [-0.2, 0) is 33.3 Å². The van der Waals surface area contributed by atoms with Gasteiger partial charge in [-0.1, -0.05) is 199 Å². The first kappa shape index (κ1) is 64.4. The molecule has 2 unspecified atom stereocenters. The molecule has 0 fully saturated rings. The van der Waals surface area contributed by atoms with Gasteiger partial charge in [-0.15, -0.1) is 0 Å². The van der Waals surface area contributed by atoms with Gasteiger partial charge in [0.15, 0.2) is 12.4 Å². The van der Waals surface area contributed by atoms with E-state index in [1.807, 2.05) is 33.3 Å². The second-order valence-corrected chi connectivity index (χ2v) is 18.1. The SMILES string of the molecule is CC/C=C\C/C=C\C/C=C\C/C=C\C/C=C\C/C=C\CCCCCCCCCCCCC(=O)OC(COC(=O)C/C=C\C/C=C\C/C=C\C/C=C\C/C=C\CC)COC(OCC[N+](C)(C)C)C(=O)[O-]. The molecule has 388 valence electrons. The lowest BCUT2D eigenvalue weighted by molar-refractivity contribution is -0.870. The summed E-state index contributed by atoms with van der Waals surface area (Å²) in [6, 6.07) is 0. The Morgan fingerprint density at radius 1 is 0.449 bits per heavy atom. The summed E-state index contributed by atoms with van der Waals surface area (Å²) >= 11 is 0. The average Bonchev–Trinajstić information content (AvgIpc) is 3.31. The van der Waals surface area contributed by atoms with Crippen LogP contribution in [0.3, 0.4) is 0 Å².